The van der Waals surface area contributed by atoms with Gasteiger partial charge < -0.3 is 1.43 Å². The van der Waals surface area contributed by atoms with Crippen molar-refractivity contribution in [2.24, 2.45) is 0 Å². The van der Waals surface area contributed by atoms with Gasteiger partial charge in [-0.05, 0) is 0 Å². The third kappa shape index (κ3) is 351. The first kappa shape index (κ1) is 36.9. The molecule has 14 heavy (non-hydrogen) atoms. The van der Waals surface area contributed by atoms with E-state index >= 15 is 0 Å². The summed E-state index contributed by atoms with van der Waals surface area (Å²) in [5.74, 6) is 0. The smallest absolute Gasteiger partial charge is 1.00 e. The Bertz CT molecular complexity index is 159. The van der Waals surface area contributed by atoms with Gasteiger partial charge in [-0.3, -0.25) is 23.2 Å². The maximum Gasteiger partial charge on any atom is 1.00 e. The van der Waals surface area contributed by atoms with Crippen LogP contribution < -0.4 is 18.9 Å². The minimum atomic E-state index is -4.67. The van der Waals surface area contributed by atoms with E-state index in [1.54, 1.807) is 0 Å². The van der Waals surface area contributed by atoms with Crippen molar-refractivity contribution in [3.63, 3.8) is 0 Å². The van der Waals surface area contributed by atoms with Crippen molar-refractivity contribution in [3.05, 3.63) is 0 Å². The van der Waals surface area contributed by atoms with Crippen LogP contribution in [0.15, 0.2) is 0 Å². The normalized spacial score (nSPS) is 7.57. The Morgan fingerprint density at radius 2 is 1.21 bits per heavy atom. The Morgan fingerprint density at radius 3 is 1.21 bits per heavy atom. The van der Waals surface area contributed by atoms with Crippen LogP contribution in [0.4, 0.5) is 27.3 Å². The topological polar surface area (TPSA) is 74.6 Å². The van der Waals surface area contributed by atoms with Crippen molar-refractivity contribution in [1.82, 2.24) is 0 Å². The van der Waals surface area contributed by atoms with E-state index in [-0.39, 0.29) is 34.4 Å². The molecule has 0 spiro atoms. The van der Waals surface area contributed by atoms with Gasteiger partial charge in [-0.15, -0.1) is 0 Å². The van der Waals surface area contributed by atoms with Crippen LogP contribution in [-0.4, -0.2) is 30.6 Å². The number of halogens is 6. The SMILES string of the molecule is F.F.F.FCC(F)F.O=S(=O)(O)O.[H-].[Li+]. The molecular formula is C2H9F6LiO4S. The predicted molar refractivity (Wildman–Crippen MR) is 34.8 cm³/mol. The molecule has 0 heterocycles. The Labute approximate surface area is 89.2 Å². The average molecular weight is 250 g/mol. The van der Waals surface area contributed by atoms with Gasteiger partial charge in [-0.2, -0.15) is 8.42 Å². The van der Waals surface area contributed by atoms with E-state index in [1.807, 2.05) is 0 Å². The van der Waals surface area contributed by atoms with E-state index in [0.29, 0.717) is 0 Å². The van der Waals surface area contributed by atoms with Crippen molar-refractivity contribution in [2.75, 3.05) is 6.67 Å². The van der Waals surface area contributed by atoms with Gasteiger partial charge in [0.2, 0.25) is 0 Å². The van der Waals surface area contributed by atoms with Crippen LogP contribution in [0.25, 0.3) is 0 Å². The Balaban J connectivity index is -0.0000000128. The number of alkyl halides is 3. The minimum Gasteiger partial charge on any atom is -1.00 e. The van der Waals surface area contributed by atoms with Crippen LogP contribution in [-0.2, 0) is 10.4 Å². The first-order chi connectivity index (χ1) is 4.27. The van der Waals surface area contributed by atoms with Gasteiger partial charge in [0.05, 0.1) is 0 Å². The number of rotatable bonds is 1. The molecule has 4 nitrogen and oxygen atoms in total. The van der Waals surface area contributed by atoms with Gasteiger partial charge in [0, 0.05) is 0 Å². The minimum absolute atomic E-state index is 0. The third-order valence-electron chi connectivity index (χ3n) is 0.117. The molecule has 0 unspecified atom stereocenters. The fraction of sp³-hybridized carbons (Fsp3) is 1.00. The van der Waals surface area contributed by atoms with Crippen LogP contribution in [0.1, 0.15) is 1.43 Å². The third-order valence-corrected chi connectivity index (χ3v) is 0.117. The molecule has 90 valence electrons. The Hall–Kier alpha value is 0.0474. The summed E-state index contributed by atoms with van der Waals surface area (Å²) in [5, 5.41) is 0. The predicted octanol–water partition coefficient (Wildman–Crippen LogP) is -1.86. The van der Waals surface area contributed by atoms with Gasteiger partial charge in [0.25, 0.3) is 6.43 Å². The molecule has 0 bridgehead atoms. The van der Waals surface area contributed by atoms with E-state index in [4.69, 9.17) is 17.5 Å². The molecule has 0 radical (unpaired) electrons. The molecule has 0 fully saturated rings. The summed E-state index contributed by atoms with van der Waals surface area (Å²) in [7, 11) is -4.67. The van der Waals surface area contributed by atoms with Gasteiger partial charge in [-0.1, -0.05) is 0 Å². The van der Waals surface area contributed by atoms with Crippen molar-refractivity contribution in [3.8, 4) is 0 Å². The molecule has 0 rings (SSSR count). The first-order valence-corrected chi connectivity index (χ1v) is 3.21. The van der Waals surface area contributed by atoms with Crippen molar-refractivity contribution in [1.29, 1.82) is 0 Å². The molecule has 0 aliphatic carbocycles. The summed E-state index contributed by atoms with van der Waals surface area (Å²) >= 11 is 0. The molecule has 0 saturated carbocycles. The van der Waals surface area contributed by atoms with E-state index in [2.05, 4.69) is 0 Å². The van der Waals surface area contributed by atoms with Crippen molar-refractivity contribution < 1.29 is 65.1 Å². The van der Waals surface area contributed by atoms with Crippen LogP contribution >= 0.6 is 0 Å². The fourth-order valence-corrected chi connectivity index (χ4v) is 0. The molecule has 0 aromatic heterocycles. The summed E-state index contributed by atoms with van der Waals surface area (Å²) in [6.07, 6.45) is -2.78. The summed E-state index contributed by atoms with van der Waals surface area (Å²) in [5.41, 5.74) is 0. The number of hydrogen-bond donors (Lipinski definition) is 2. The first-order valence-electron chi connectivity index (χ1n) is 1.81. The summed E-state index contributed by atoms with van der Waals surface area (Å²) < 4.78 is 62.7. The molecule has 0 atom stereocenters. The van der Waals surface area contributed by atoms with Gasteiger partial charge in [-0.25, -0.2) is 13.2 Å². The van der Waals surface area contributed by atoms with E-state index in [0.717, 1.165) is 0 Å². The van der Waals surface area contributed by atoms with Crippen LogP contribution in [0.5, 0.6) is 0 Å². The van der Waals surface area contributed by atoms with Crippen molar-refractivity contribution >= 4 is 10.4 Å². The van der Waals surface area contributed by atoms with E-state index in [1.165, 1.54) is 0 Å². The second-order valence-corrected chi connectivity index (χ2v) is 1.89. The number of hydrogen-bond acceptors (Lipinski definition) is 2. The summed E-state index contributed by atoms with van der Waals surface area (Å²) in [4.78, 5) is 0. The zero-order valence-electron chi connectivity index (χ0n) is 7.76. The van der Waals surface area contributed by atoms with Crippen LogP contribution in [0, 0.1) is 0 Å². The molecule has 0 amide bonds. The second kappa shape index (κ2) is 18.8. The maximum atomic E-state index is 10.4. The van der Waals surface area contributed by atoms with E-state index in [9.17, 15) is 13.2 Å². The zero-order chi connectivity index (χ0) is 8.78. The standard InChI is InChI=1S/C2H3F3.3FH.Li.H2O4S.H/c3-1-2(4)5;;;;;1-5(2,3)4;/h2H,1H2;3*1H;;(H2,1,2,3,4);/q;;;;+1;;-1. The molecule has 12 heteroatoms. The average Bonchev–Trinajstić information content (AvgIpc) is 1.61. The largest absolute Gasteiger partial charge is 1.00 e. The monoisotopic (exact) mass is 250 g/mol. The van der Waals surface area contributed by atoms with Gasteiger partial charge >= 0.3 is 29.3 Å². The second-order valence-electron chi connectivity index (χ2n) is 0.993. The molecule has 0 aromatic rings. The Morgan fingerprint density at radius 1 is 1.14 bits per heavy atom. The molecular weight excluding hydrogens is 241 g/mol. The molecule has 0 aromatic carbocycles. The maximum absolute atomic E-state index is 10.4. The van der Waals surface area contributed by atoms with Gasteiger partial charge in [0.15, 0.2) is 6.67 Å². The zero-order valence-corrected chi connectivity index (χ0v) is 7.58. The fourth-order valence-electron chi connectivity index (χ4n) is 0. The van der Waals surface area contributed by atoms with Crippen LogP contribution in [0.3, 0.4) is 0 Å². The molecule has 0 aliphatic heterocycles. The Kier molecular flexibility index (Phi) is 49.5. The van der Waals surface area contributed by atoms with E-state index < -0.39 is 23.5 Å². The quantitative estimate of drug-likeness (QED) is 0.325. The summed E-state index contributed by atoms with van der Waals surface area (Å²) in [6.45, 7) is -1.53. The van der Waals surface area contributed by atoms with Crippen molar-refractivity contribution in [2.45, 2.75) is 6.43 Å². The molecule has 2 N–H and O–H groups in total. The summed E-state index contributed by atoms with van der Waals surface area (Å²) in [6, 6.07) is 0. The molecule has 0 saturated heterocycles. The molecule has 0 aliphatic rings. The van der Waals surface area contributed by atoms with Crippen LogP contribution in [0.2, 0.25) is 0 Å². The van der Waals surface area contributed by atoms with Gasteiger partial charge in [0.1, 0.15) is 0 Å².